The lowest BCUT2D eigenvalue weighted by Gasteiger charge is -2.17. The molecule has 0 heterocycles. The molecule has 0 aliphatic rings. The van der Waals surface area contributed by atoms with Crippen LogP contribution in [0, 0.1) is 20.2 Å². The van der Waals surface area contributed by atoms with Crippen LogP contribution >= 0.6 is 27.5 Å². The molecule has 0 saturated carbocycles. The van der Waals surface area contributed by atoms with Gasteiger partial charge in [-0.3, -0.25) is 20.2 Å². The standard InChI is InChI=1S/C17H8BrClF3N3O4/c18-12-7-13(19)9-3-1-2-4-10(9)15(12)23-16-11(17(20,21)22)5-8(24(26)27)6-14(16)25(28)29/h1-7,23H. The molecule has 0 aliphatic carbocycles. The number of halogens is 5. The lowest BCUT2D eigenvalue weighted by atomic mass is 10.1. The average Bonchev–Trinajstić information content (AvgIpc) is 2.63. The monoisotopic (exact) mass is 489 g/mol. The third-order valence-corrected chi connectivity index (χ3v) is 4.95. The fraction of sp³-hybridized carbons (Fsp3) is 0.0588. The van der Waals surface area contributed by atoms with E-state index in [-0.39, 0.29) is 16.2 Å². The Hall–Kier alpha value is -2.92. The Morgan fingerprint density at radius 2 is 1.59 bits per heavy atom. The highest BCUT2D eigenvalue weighted by Gasteiger charge is 2.40. The maximum Gasteiger partial charge on any atom is 0.418 e. The van der Waals surface area contributed by atoms with Crippen LogP contribution < -0.4 is 5.32 Å². The molecule has 29 heavy (non-hydrogen) atoms. The summed E-state index contributed by atoms with van der Waals surface area (Å²) in [7, 11) is 0. The maximum atomic E-state index is 13.6. The molecule has 3 aromatic carbocycles. The highest BCUT2D eigenvalue weighted by molar-refractivity contribution is 9.10. The van der Waals surface area contributed by atoms with Gasteiger partial charge in [0.2, 0.25) is 0 Å². The van der Waals surface area contributed by atoms with E-state index < -0.39 is 38.6 Å². The minimum absolute atomic E-state index is 0.0902. The van der Waals surface area contributed by atoms with Crippen molar-refractivity contribution in [3.8, 4) is 0 Å². The second-order valence-electron chi connectivity index (χ2n) is 5.79. The van der Waals surface area contributed by atoms with Gasteiger partial charge in [-0.2, -0.15) is 13.2 Å². The van der Waals surface area contributed by atoms with E-state index in [1.54, 1.807) is 24.3 Å². The normalized spacial score (nSPS) is 11.5. The number of nitrogens with zero attached hydrogens (tertiary/aromatic N) is 2. The fourth-order valence-corrected chi connectivity index (χ4v) is 3.71. The molecule has 0 saturated heterocycles. The molecule has 3 aromatic rings. The van der Waals surface area contributed by atoms with Crippen LogP contribution in [0.4, 0.5) is 35.9 Å². The Labute approximate surface area is 173 Å². The molecule has 0 aromatic heterocycles. The molecule has 0 unspecified atom stereocenters. The van der Waals surface area contributed by atoms with Gasteiger partial charge in [0.15, 0.2) is 0 Å². The molecule has 3 rings (SSSR count). The number of nitrogens with one attached hydrogen (secondary N) is 1. The summed E-state index contributed by atoms with van der Waals surface area (Å²) in [6, 6.07) is 8.64. The largest absolute Gasteiger partial charge is 0.418 e. The van der Waals surface area contributed by atoms with E-state index in [1.807, 2.05) is 0 Å². The molecule has 0 fully saturated rings. The Balaban J connectivity index is 2.34. The van der Waals surface area contributed by atoms with Crippen LogP contribution in [-0.2, 0) is 6.18 Å². The first kappa shape index (κ1) is 20.8. The lowest BCUT2D eigenvalue weighted by molar-refractivity contribution is -0.394. The number of alkyl halides is 3. The lowest BCUT2D eigenvalue weighted by Crippen LogP contribution is -2.12. The highest BCUT2D eigenvalue weighted by atomic mass is 79.9. The first-order chi connectivity index (χ1) is 13.5. The molecule has 1 N–H and O–H groups in total. The van der Waals surface area contributed by atoms with Gasteiger partial charge in [-0.25, -0.2) is 0 Å². The van der Waals surface area contributed by atoms with Gasteiger partial charge in [-0.05, 0) is 22.0 Å². The van der Waals surface area contributed by atoms with Crippen LogP contribution in [0.25, 0.3) is 10.8 Å². The summed E-state index contributed by atoms with van der Waals surface area (Å²) in [6.07, 6.45) is -5.09. The van der Waals surface area contributed by atoms with Gasteiger partial charge in [-0.1, -0.05) is 35.9 Å². The van der Waals surface area contributed by atoms with Crippen molar-refractivity contribution in [2.75, 3.05) is 5.32 Å². The van der Waals surface area contributed by atoms with E-state index in [0.29, 0.717) is 21.9 Å². The zero-order valence-electron chi connectivity index (χ0n) is 14.0. The molecular weight excluding hydrogens is 483 g/mol. The zero-order chi connectivity index (χ0) is 21.5. The molecule has 7 nitrogen and oxygen atoms in total. The summed E-state index contributed by atoms with van der Waals surface area (Å²) >= 11 is 9.35. The van der Waals surface area contributed by atoms with Crippen LogP contribution in [0.2, 0.25) is 5.02 Å². The number of anilines is 2. The summed E-state index contributed by atoms with van der Waals surface area (Å²) in [6.45, 7) is 0. The third-order valence-electron chi connectivity index (χ3n) is 4.01. The van der Waals surface area contributed by atoms with Crippen LogP contribution in [-0.4, -0.2) is 9.85 Å². The van der Waals surface area contributed by atoms with Crippen molar-refractivity contribution < 1.29 is 23.0 Å². The Kier molecular flexibility index (Phi) is 5.37. The van der Waals surface area contributed by atoms with Crippen LogP contribution in [0.1, 0.15) is 5.56 Å². The predicted octanol–water partition coefficient (Wildman–Crippen LogP) is 6.83. The molecule has 12 heteroatoms. The van der Waals surface area contributed by atoms with Crippen molar-refractivity contribution >= 4 is 61.1 Å². The minimum atomic E-state index is -5.09. The second-order valence-corrected chi connectivity index (χ2v) is 7.05. The first-order valence-electron chi connectivity index (χ1n) is 7.68. The van der Waals surface area contributed by atoms with Crippen LogP contribution in [0.5, 0.6) is 0 Å². The molecule has 0 bridgehead atoms. The fourth-order valence-electron chi connectivity index (χ4n) is 2.77. The molecule has 0 spiro atoms. The summed E-state index contributed by atoms with van der Waals surface area (Å²) in [5.41, 5.74) is -4.50. The van der Waals surface area contributed by atoms with E-state index in [9.17, 15) is 33.4 Å². The van der Waals surface area contributed by atoms with E-state index in [2.05, 4.69) is 21.2 Å². The smallest absolute Gasteiger partial charge is 0.348 e. The second kappa shape index (κ2) is 7.48. The van der Waals surface area contributed by atoms with Gasteiger partial charge < -0.3 is 5.32 Å². The zero-order valence-corrected chi connectivity index (χ0v) is 16.3. The molecule has 0 aliphatic heterocycles. The van der Waals surface area contributed by atoms with E-state index >= 15 is 0 Å². The molecule has 0 amide bonds. The number of non-ortho nitro benzene ring substituents is 1. The van der Waals surface area contributed by atoms with Gasteiger partial charge in [0.1, 0.15) is 5.69 Å². The van der Waals surface area contributed by atoms with Gasteiger partial charge in [0.05, 0.1) is 27.2 Å². The first-order valence-corrected chi connectivity index (χ1v) is 8.85. The van der Waals surface area contributed by atoms with E-state index in [1.165, 1.54) is 6.07 Å². The van der Waals surface area contributed by atoms with Gasteiger partial charge in [-0.15, -0.1) is 0 Å². The summed E-state index contributed by atoms with van der Waals surface area (Å²) in [5, 5.41) is 26.0. The average molecular weight is 491 g/mol. The van der Waals surface area contributed by atoms with Crippen molar-refractivity contribution in [2.24, 2.45) is 0 Å². The van der Waals surface area contributed by atoms with E-state index in [0.717, 1.165) is 0 Å². The van der Waals surface area contributed by atoms with Gasteiger partial charge >= 0.3 is 6.18 Å². The Bertz CT molecular complexity index is 1170. The topological polar surface area (TPSA) is 98.3 Å². The summed E-state index contributed by atoms with van der Waals surface area (Å²) < 4.78 is 41.0. The minimum Gasteiger partial charge on any atom is -0.348 e. The highest BCUT2D eigenvalue weighted by Crippen LogP contribution is 2.46. The number of fused-ring (bicyclic) bond motifs is 1. The number of nitro benzene ring substituents is 2. The SMILES string of the molecule is O=[N+]([O-])c1cc([N+](=O)[O-])c(Nc2c(Br)cc(Cl)c3ccccc23)c(C(F)(F)F)c1. The van der Waals surface area contributed by atoms with Crippen LogP contribution in [0.3, 0.4) is 0 Å². The summed E-state index contributed by atoms with van der Waals surface area (Å²) in [4.78, 5) is 20.1. The number of rotatable bonds is 4. The van der Waals surface area contributed by atoms with Gasteiger partial charge in [0.25, 0.3) is 11.4 Å². The van der Waals surface area contributed by atoms with Crippen LogP contribution in [0.15, 0.2) is 46.9 Å². The number of hydrogen-bond acceptors (Lipinski definition) is 5. The Morgan fingerprint density at radius 1 is 0.966 bits per heavy atom. The van der Waals surface area contributed by atoms with Crippen molar-refractivity contribution in [2.45, 2.75) is 6.18 Å². The number of nitro groups is 2. The Morgan fingerprint density at radius 3 is 2.14 bits per heavy atom. The predicted molar refractivity (Wildman–Crippen MR) is 105 cm³/mol. The molecular formula is C17H8BrClF3N3O4. The van der Waals surface area contributed by atoms with Gasteiger partial charge in [0, 0.05) is 26.3 Å². The molecule has 0 radical (unpaired) electrons. The molecule has 150 valence electrons. The van der Waals surface area contributed by atoms with Crippen molar-refractivity contribution in [1.82, 2.24) is 0 Å². The van der Waals surface area contributed by atoms with Crippen molar-refractivity contribution in [3.05, 3.63) is 77.8 Å². The third kappa shape index (κ3) is 3.96. The van der Waals surface area contributed by atoms with E-state index in [4.69, 9.17) is 11.6 Å². The summed E-state index contributed by atoms with van der Waals surface area (Å²) in [5.74, 6) is 0. The van der Waals surface area contributed by atoms with Crippen molar-refractivity contribution in [3.63, 3.8) is 0 Å². The maximum absolute atomic E-state index is 13.6. The molecule has 0 atom stereocenters. The number of hydrogen-bond donors (Lipinski definition) is 1. The number of benzene rings is 3. The van der Waals surface area contributed by atoms with Crippen molar-refractivity contribution in [1.29, 1.82) is 0 Å². The quantitative estimate of drug-likeness (QED) is 0.319.